The van der Waals surface area contributed by atoms with Crippen LogP contribution in [0.1, 0.15) is 38.7 Å². The quantitative estimate of drug-likeness (QED) is 0.922. The predicted molar refractivity (Wildman–Crippen MR) is 87.0 cm³/mol. The zero-order chi connectivity index (χ0) is 14.8. The Balaban J connectivity index is 1.72. The second-order valence-electron chi connectivity index (χ2n) is 6.76. The number of para-hydroxylation sites is 1. The molecule has 1 aromatic carbocycles. The Morgan fingerprint density at radius 2 is 2.19 bits per heavy atom. The largest absolute Gasteiger partial charge is 0.493 e. The minimum atomic E-state index is 0.526. The number of nitrogens with zero attached hydrogens (tertiary/aromatic N) is 1. The van der Waals surface area contributed by atoms with Gasteiger partial charge in [-0.3, -0.25) is 4.90 Å². The van der Waals surface area contributed by atoms with Gasteiger partial charge in [0.2, 0.25) is 0 Å². The highest BCUT2D eigenvalue weighted by Gasteiger charge is 2.33. The summed E-state index contributed by atoms with van der Waals surface area (Å²) >= 11 is 0. The van der Waals surface area contributed by atoms with Gasteiger partial charge in [0.25, 0.3) is 0 Å². The Labute approximate surface area is 128 Å². The number of rotatable bonds is 4. The Bertz CT molecular complexity index is 476. The summed E-state index contributed by atoms with van der Waals surface area (Å²) in [6.45, 7) is 11.2. The van der Waals surface area contributed by atoms with Gasteiger partial charge in [-0.05, 0) is 18.9 Å². The van der Waals surface area contributed by atoms with E-state index in [1.165, 1.54) is 12.0 Å². The van der Waals surface area contributed by atoms with Gasteiger partial charge in [0.1, 0.15) is 5.75 Å². The monoisotopic (exact) mass is 288 g/mol. The highest BCUT2D eigenvalue weighted by Crippen LogP contribution is 2.35. The van der Waals surface area contributed by atoms with Crippen molar-refractivity contribution in [3.8, 4) is 5.75 Å². The van der Waals surface area contributed by atoms with E-state index in [1.54, 1.807) is 0 Å². The maximum atomic E-state index is 5.86. The number of piperazine rings is 1. The second kappa shape index (κ2) is 6.37. The van der Waals surface area contributed by atoms with Gasteiger partial charge in [-0.1, -0.05) is 38.5 Å². The summed E-state index contributed by atoms with van der Waals surface area (Å²) in [6.07, 6.45) is 1.25. The Hall–Kier alpha value is -1.06. The van der Waals surface area contributed by atoms with Gasteiger partial charge in [-0.25, -0.2) is 0 Å². The number of benzene rings is 1. The predicted octanol–water partition coefficient (Wildman–Crippen LogP) is 2.87. The van der Waals surface area contributed by atoms with E-state index in [9.17, 15) is 0 Å². The molecule has 2 heterocycles. The molecule has 0 radical (unpaired) electrons. The third-order valence-corrected chi connectivity index (χ3v) is 5.21. The van der Waals surface area contributed by atoms with Gasteiger partial charge in [-0.15, -0.1) is 0 Å². The Morgan fingerprint density at radius 3 is 3.00 bits per heavy atom. The third-order valence-electron chi connectivity index (χ3n) is 5.21. The van der Waals surface area contributed by atoms with E-state index >= 15 is 0 Å². The lowest BCUT2D eigenvalue weighted by Gasteiger charge is -2.43. The fourth-order valence-corrected chi connectivity index (χ4v) is 3.71. The molecule has 3 heteroatoms. The van der Waals surface area contributed by atoms with Crippen LogP contribution in [0.4, 0.5) is 0 Å². The summed E-state index contributed by atoms with van der Waals surface area (Å²) in [5.74, 6) is 2.35. The van der Waals surface area contributed by atoms with Crippen molar-refractivity contribution in [2.45, 2.75) is 45.2 Å². The SMILES string of the molecule is CCC(C)C1CNC(C)CN1CC1COc2ccccc21. The third kappa shape index (κ3) is 3.09. The average molecular weight is 288 g/mol. The van der Waals surface area contributed by atoms with Gasteiger partial charge in [0, 0.05) is 43.2 Å². The smallest absolute Gasteiger partial charge is 0.122 e. The molecule has 3 nitrogen and oxygen atoms in total. The summed E-state index contributed by atoms with van der Waals surface area (Å²) in [4.78, 5) is 2.70. The molecule has 4 unspecified atom stereocenters. The van der Waals surface area contributed by atoms with Crippen LogP contribution in [0.5, 0.6) is 5.75 Å². The molecule has 0 amide bonds. The summed E-state index contributed by atoms with van der Waals surface area (Å²) < 4.78 is 5.86. The molecule has 0 aliphatic carbocycles. The van der Waals surface area contributed by atoms with E-state index in [-0.39, 0.29) is 0 Å². The molecular weight excluding hydrogens is 260 g/mol. The van der Waals surface area contributed by atoms with Gasteiger partial charge >= 0.3 is 0 Å². The first kappa shape index (κ1) is 14.9. The van der Waals surface area contributed by atoms with Crippen molar-refractivity contribution in [1.29, 1.82) is 0 Å². The summed E-state index contributed by atoms with van der Waals surface area (Å²) in [7, 11) is 0. The zero-order valence-corrected chi connectivity index (χ0v) is 13.5. The zero-order valence-electron chi connectivity index (χ0n) is 13.5. The Morgan fingerprint density at radius 1 is 1.38 bits per heavy atom. The average Bonchev–Trinajstić information content (AvgIpc) is 2.90. The van der Waals surface area contributed by atoms with E-state index < -0.39 is 0 Å². The molecule has 3 rings (SSSR count). The minimum absolute atomic E-state index is 0.526. The van der Waals surface area contributed by atoms with E-state index in [2.05, 4.69) is 55.3 Å². The molecule has 0 saturated carbocycles. The number of hydrogen-bond acceptors (Lipinski definition) is 3. The number of nitrogens with one attached hydrogen (secondary N) is 1. The molecule has 1 saturated heterocycles. The van der Waals surface area contributed by atoms with Gasteiger partial charge in [0.15, 0.2) is 0 Å². The van der Waals surface area contributed by atoms with Crippen molar-refractivity contribution in [2.24, 2.45) is 5.92 Å². The first-order valence-corrected chi connectivity index (χ1v) is 8.38. The van der Waals surface area contributed by atoms with Crippen LogP contribution in [0.15, 0.2) is 24.3 Å². The highest BCUT2D eigenvalue weighted by molar-refractivity contribution is 5.39. The lowest BCUT2D eigenvalue weighted by Crippen LogP contribution is -2.58. The molecule has 1 N–H and O–H groups in total. The maximum absolute atomic E-state index is 5.86. The van der Waals surface area contributed by atoms with Gasteiger partial charge in [0.05, 0.1) is 6.61 Å². The summed E-state index contributed by atoms with van der Waals surface area (Å²) in [5, 5.41) is 3.65. The van der Waals surface area contributed by atoms with E-state index in [4.69, 9.17) is 4.74 Å². The van der Waals surface area contributed by atoms with Crippen LogP contribution in [-0.2, 0) is 0 Å². The normalized spacial score (nSPS) is 30.7. The fraction of sp³-hybridized carbons (Fsp3) is 0.667. The topological polar surface area (TPSA) is 24.5 Å². The number of fused-ring (bicyclic) bond motifs is 1. The lowest BCUT2D eigenvalue weighted by molar-refractivity contribution is 0.0860. The molecule has 21 heavy (non-hydrogen) atoms. The first-order valence-electron chi connectivity index (χ1n) is 8.38. The summed E-state index contributed by atoms with van der Waals surface area (Å²) in [6, 6.07) is 9.77. The Kier molecular flexibility index (Phi) is 4.51. The van der Waals surface area contributed by atoms with Gasteiger partial charge < -0.3 is 10.1 Å². The molecule has 1 aromatic rings. The van der Waals surface area contributed by atoms with Crippen molar-refractivity contribution in [3.63, 3.8) is 0 Å². The summed E-state index contributed by atoms with van der Waals surface area (Å²) in [5.41, 5.74) is 1.39. The standard InChI is InChI=1S/C18H28N2O/c1-4-13(2)17-9-19-14(3)10-20(17)11-15-12-21-18-8-6-5-7-16(15)18/h5-8,13-15,17,19H,4,9-12H2,1-3H3. The van der Waals surface area contributed by atoms with Crippen LogP contribution in [0.25, 0.3) is 0 Å². The van der Waals surface area contributed by atoms with E-state index in [0.717, 1.165) is 37.9 Å². The minimum Gasteiger partial charge on any atom is -0.493 e. The lowest BCUT2D eigenvalue weighted by atomic mass is 9.92. The van der Waals surface area contributed by atoms with Crippen molar-refractivity contribution in [3.05, 3.63) is 29.8 Å². The molecule has 0 spiro atoms. The molecule has 2 aliphatic rings. The molecule has 2 aliphatic heterocycles. The van der Waals surface area contributed by atoms with E-state index in [1.807, 2.05) is 0 Å². The number of ether oxygens (including phenoxy) is 1. The van der Waals surface area contributed by atoms with Crippen molar-refractivity contribution < 1.29 is 4.74 Å². The van der Waals surface area contributed by atoms with Gasteiger partial charge in [-0.2, -0.15) is 0 Å². The maximum Gasteiger partial charge on any atom is 0.122 e. The van der Waals surface area contributed by atoms with Crippen molar-refractivity contribution in [2.75, 3.05) is 26.2 Å². The molecular formula is C18H28N2O. The van der Waals surface area contributed by atoms with Crippen LogP contribution in [0.3, 0.4) is 0 Å². The first-order chi connectivity index (χ1) is 10.2. The molecule has 116 valence electrons. The number of hydrogen-bond donors (Lipinski definition) is 1. The van der Waals surface area contributed by atoms with Crippen LogP contribution >= 0.6 is 0 Å². The van der Waals surface area contributed by atoms with Crippen molar-refractivity contribution in [1.82, 2.24) is 10.2 Å². The van der Waals surface area contributed by atoms with Crippen LogP contribution < -0.4 is 10.1 Å². The molecule has 4 atom stereocenters. The molecule has 1 fully saturated rings. The molecule has 0 bridgehead atoms. The second-order valence-corrected chi connectivity index (χ2v) is 6.76. The van der Waals surface area contributed by atoms with E-state index in [0.29, 0.717) is 18.0 Å². The molecule has 0 aromatic heterocycles. The van der Waals surface area contributed by atoms with Crippen LogP contribution in [-0.4, -0.2) is 43.2 Å². The van der Waals surface area contributed by atoms with Crippen LogP contribution in [0.2, 0.25) is 0 Å². The van der Waals surface area contributed by atoms with Crippen molar-refractivity contribution >= 4 is 0 Å². The fourth-order valence-electron chi connectivity index (χ4n) is 3.71. The van der Waals surface area contributed by atoms with Crippen LogP contribution in [0, 0.1) is 5.92 Å². The highest BCUT2D eigenvalue weighted by atomic mass is 16.5.